The number of hydrogen-bond acceptors (Lipinski definition) is 4. The number of nitriles is 1. The smallest absolute Gasteiger partial charge is 0.407 e. The Balaban J connectivity index is 2.73. The van der Waals surface area contributed by atoms with Gasteiger partial charge in [-0.3, -0.25) is 0 Å². The zero-order valence-corrected chi connectivity index (χ0v) is 16.4. The van der Waals surface area contributed by atoms with E-state index in [1.54, 1.807) is 18.2 Å². The second-order valence-corrected chi connectivity index (χ2v) is 8.01. The van der Waals surface area contributed by atoms with Gasteiger partial charge in [-0.25, -0.2) is 4.79 Å². The van der Waals surface area contributed by atoms with Gasteiger partial charge in [-0.2, -0.15) is 5.26 Å². The topological polar surface area (TPSA) is 71.3 Å². The van der Waals surface area contributed by atoms with Crippen molar-refractivity contribution in [3.63, 3.8) is 0 Å². The average Bonchev–Trinajstić information content (AvgIpc) is 2.42. The molecule has 24 heavy (non-hydrogen) atoms. The molecule has 0 aliphatic rings. The first-order valence-corrected chi connectivity index (χ1v) is 8.71. The molecule has 0 heterocycles. The van der Waals surface area contributed by atoms with Crippen molar-refractivity contribution in [3.8, 4) is 11.8 Å². The molecule has 1 amide bonds. The number of rotatable bonds is 6. The molecular weight excluding hydrogens is 372 g/mol. The third-order valence-electron chi connectivity index (χ3n) is 2.97. The first-order valence-electron chi connectivity index (χ1n) is 7.92. The number of ether oxygens (including phenoxy) is 2. The highest BCUT2D eigenvalue weighted by molar-refractivity contribution is 9.10. The Morgan fingerprint density at radius 2 is 2.04 bits per heavy atom. The molecule has 0 spiro atoms. The normalized spacial score (nSPS) is 12.4. The summed E-state index contributed by atoms with van der Waals surface area (Å²) in [6, 6.07) is 7.32. The SMILES string of the molecule is CC(C)C[C@@H](COc1ccc(Br)cc1C#N)OC(=O)NC(C)(C)C. The first-order chi connectivity index (χ1) is 11.1. The fourth-order valence-corrected chi connectivity index (χ4v) is 2.42. The Morgan fingerprint density at radius 1 is 1.38 bits per heavy atom. The summed E-state index contributed by atoms with van der Waals surface area (Å²) in [7, 11) is 0. The molecule has 0 unspecified atom stereocenters. The van der Waals surface area contributed by atoms with E-state index in [0.717, 1.165) is 4.47 Å². The number of carbonyl (C=O) groups excluding carboxylic acids is 1. The van der Waals surface area contributed by atoms with Crippen LogP contribution in [-0.4, -0.2) is 24.3 Å². The van der Waals surface area contributed by atoms with Crippen molar-refractivity contribution in [2.24, 2.45) is 5.92 Å². The van der Waals surface area contributed by atoms with Crippen LogP contribution in [0.2, 0.25) is 0 Å². The van der Waals surface area contributed by atoms with Gasteiger partial charge in [0, 0.05) is 10.0 Å². The molecule has 5 nitrogen and oxygen atoms in total. The largest absolute Gasteiger partial charge is 0.488 e. The zero-order chi connectivity index (χ0) is 18.3. The monoisotopic (exact) mass is 396 g/mol. The average molecular weight is 397 g/mol. The lowest BCUT2D eigenvalue weighted by Gasteiger charge is -2.24. The van der Waals surface area contributed by atoms with E-state index in [9.17, 15) is 10.1 Å². The van der Waals surface area contributed by atoms with Crippen LogP contribution in [-0.2, 0) is 4.74 Å². The standard InChI is InChI=1S/C18H25BrN2O3/c1-12(2)8-15(24-17(22)21-18(3,4)5)11-23-16-7-6-14(19)9-13(16)10-20/h6-7,9,12,15H,8,11H2,1-5H3,(H,21,22)/t15-/m0/s1. The van der Waals surface area contributed by atoms with E-state index >= 15 is 0 Å². The molecule has 1 rings (SSSR count). The van der Waals surface area contributed by atoms with E-state index in [1.807, 2.05) is 20.8 Å². The van der Waals surface area contributed by atoms with E-state index in [2.05, 4.69) is 41.2 Å². The van der Waals surface area contributed by atoms with Crippen LogP contribution >= 0.6 is 15.9 Å². The molecule has 0 radical (unpaired) electrons. The molecule has 0 saturated carbocycles. The maximum absolute atomic E-state index is 12.0. The second kappa shape index (κ2) is 8.93. The van der Waals surface area contributed by atoms with Gasteiger partial charge in [0.1, 0.15) is 24.5 Å². The first kappa shape index (κ1) is 20.3. The summed E-state index contributed by atoms with van der Waals surface area (Å²) in [5.74, 6) is 0.829. The van der Waals surface area contributed by atoms with E-state index in [-0.39, 0.29) is 18.2 Å². The molecular formula is C18H25BrN2O3. The molecule has 1 aromatic rings. The summed E-state index contributed by atoms with van der Waals surface area (Å²) < 4.78 is 12.0. The van der Waals surface area contributed by atoms with Gasteiger partial charge in [-0.05, 0) is 51.3 Å². The summed E-state index contributed by atoms with van der Waals surface area (Å²) in [4.78, 5) is 12.0. The Kier molecular flexibility index (Phi) is 7.56. The number of benzene rings is 1. The minimum absolute atomic E-state index is 0.200. The third kappa shape index (κ3) is 7.69. The zero-order valence-electron chi connectivity index (χ0n) is 14.9. The van der Waals surface area contributed by atoms with Gasteiger partial charge in [0.15, 0.2) is 0 Å². The van der Waals surface area contributed by atoms with Crippen molar-refractivity contribution < 1.29 is 14.3 Å². The highest BCUT2D eigenvalue weighted by Crippen LogP contribution is 2.23. The van der Waals surface area contributed by atoms with Crippen LogP contribution in [0.25, 0.3) is 0 Å². The predicted octanol–water partition coefficient (Wildman–Crippen LogP) is 4.64. The van der Waals surface area contributed by atoms with Gasteiger partial charge in [0.2, 0.25) is 0 Å². The van der Waals surface area contributed by atoms with Crippen molar-refractivity contribution >= 4 is 22.0 Å². The molecule has 0 aromatic heterocycles. The Hall–Kier alpha value is -1.74. The number of amides is 1. The van der Waals surface area contributed by atoms with Crippen LogP contribution in [0, 0.1) is 17.2 Å². The molecule has 1 aromatic carbocycles. The minimum atomic E-state index is -0.465. The number of nitrogens with one attached hydrogen (secondary N) is 1. The lowest BCUT2D eigenvalue weighted by Crippen LogP contribution is -2.43. The van der Waals surface area contributed by atoms with Gasteiger partial charge >= 0.3 is 6.09 Å². The van der Waals surface area contributed by atoms with Crippen LogP contribution in [0.1, 0.15) is 46.6 Å². The van der Waals surface area contributed by atoms with E-state index < -0.39 is 6.09 Å². The fraction of sp³-hybridized carbons (Fsp3) is 0.556. The minimum Gasteiger partial charge on any atom is -0.488 e. The van der Waals surface area contributed by atoms with Crippen LogP contribution in [0.15, 0.2) is 22.7 Å². The van der Waals surface area contributed by atoms with E-state index in [0.29, 0.717) is 23.7 Å². The Bertz CT molecular complexity index is 603. The molecule has 0 aliphatic heterocycles. The lowest BCUT2D eigenvalue weighted by molar-refractivity contribution is 0.0492. The maximum atomic E-state index is 12.0. The molecule has 0 fully saturated rings. The number of hydrogen-bond donors (Lipinski definition) is 1. The van der Waals surface area contributed by atoms with E-state index in [4.69, 9.17) is 9.47 Å². The molecule has 0 bridgehead atoms. The lowest BCUT2D eigenvalue weighted by atomic mass is 10.1. The fourth-order valence-electron chi connectivity index (χ4n) is 2.06. The molecule has 1 atom stereocenters. The van der Waals surface area contributed by atoms with Gasteiger partial charge in [0.05, 0.1) is 5.56 Å². The van der Waals surface area contributed by atoms with Crippen molar-refractivity contribution in [2.75, 3.05) is 6.61 Å². The quantitative estimate of drug-likeness (QED) is 0.759. The summed E-state index contributed by atoms with van der Waals surface area (Å²) in [6.07, 6.45) is -0.175. The molecule has 0 saturated heterocycles. The van der Waals surface area contributed by atoms with Gasteiger partial charge < -0.3 is 14.8 Å². The molecule has 0 aliphatic carbocycles. The van der Waals surface area contributed by atoms with Gasteiger partial charge in [-0.1, -0.05) is 29.8 Å². The van der Waals surface area contributed by atoms with Crippen LogP contribution < -0.4 is 10.1 Å². The highest BCUT2D eigenvalue weighted by atomic mass is 79.9. The van der Waals surface area contributed by atoms with Gasteiger partial charge in [-0.15, -0.1) is 0 Å². The molecule has 132 valence electrons. The number of nitrogens with zero attached hydrogens (tertiary/aromatic N) is 1. The second-order valence-electron chi connectivity index (χ2n) is 7.10. The summed E-state index contributed by atoms with van der Waals surface area (Å²) in [5, 5.41) is 12.0. The predicted molar refractivity (Wildman–Crippen MR) is 97.0 cm³/mol. The molecule has 1 N–H and O–H groups in total. The molecule has 6 heteroatoms. The Morgan fingerprint density at radius 3 is 2.58 bits per heavy atom. The van der Waals surface area contributed by atoms with Crippen molar-refractivity contribution in [3.05, 3.63) is 28.2 Å². The van der Waals surface area contributed by atoms with Crippen LogP contribution in [0.4, 0.5) is 4.79 Å². The van der Waals surface area contributed by atoms with Crippen LogP contribution in [0.3, 0.4) is 0 Å². The van der Waals surface area contributed by atoms with Gasteiger partial charge in [0.25, 0.3) is 0 Å². The Labute approximate surface area is 152 Å². The summed E-state index contributed by atoms with van der Waals surface area (Å²) in [5.41, 5.74) is 0.0758. The van der Waals surface area contributed by atoms with Crippen molar-refractivity contribution in [1.82, 2.24) is 5.32 Å². The van der Waals surface area contributed by atoms with Crippen LogP contribution in [0.5, 0.6) is 5.75 Å². The van der Waals surface area contributed by atoms with Crippen molar-refractivity contribution in [1.29, 1.82) is 5.26 Å². The number of alkyl carbamates (subject to hydrolysis) is 1. The number of carbonyl (C=O) groups is 1. The van der Waals surface area contributed by atoms with E-state index in [1.165, 1.54) is 0 Å². The maximum Gasteiger partial charge on any atom is 0.407 e. The third-order valence-corrected chi connectivity index (χ3v) is 3.47. The highest BCUT2D eigenvalue weighted by Gasteiger charge is 2.21. The summed E-state index contributed by atoms with van der Waals surface area (Å²) >= 11 is 3.33. The number of halogens is 1. The summed E-state index contributed by atoms with van der Waals surface area (Å²) in [6.45, 7) is 9.98. The van der Waals surface area contributed by atoms with Crippen molar-refractivity contribution in [2.45, 2.75) is 52.7 Å².